The fourth-order valence-electron chi connectivity index (χ4n) is 3.53. The second-order valence-corrected chi connectivity index (χ2v) is 10.9. The zero-order valence-electron chi connectivity index (χ0n) is 22.4. The van der Waals surface area contributed by atoms with Gasteiger partial charge in [-0.15, -0.1) is 0 Å². The van der Waals surface area contributed by atoms with Crippen LogP contribution in [0.2, 0.25) is 0 Å². The monoisotopic (exact) mass is 586 g/mol. The standard InChI is InChI=1S/C21H29F3N6OS.C4H4O4/c1-20(2,3)18-26-15(21(22,23)24)14-16(27-18)30-10-4-8-29(11-12-30)9-5-13-32-19-25-7-6-17(31)28-19;5-3(6)1-2-4(7)8/h6-7,14H,4-5,8-13H2,1-3H3,(H,25,28,31);1-2H,(H,5,6)(H,7,8)/b;2-1+. The van der Waals surface area contributed by atoms with Crippen molar-refractivity contribution in [3.63, 3.8) is 0 Å². The summed E-state index contributed by atoms with van der Waals surface area (Å²) >= 11 is 1.51. The highest BCUT2D eigenvalue weighted by atomic mass is 32.2. The number of H-pyrrole nitrogens is 1. The molecular weight excluding hydrogens is 553 g/mol. The van der Waals surface area contributed by atoms with Crippen molar-refractivity contribution in [2.24, 2.45) is 0 Å². The number of hydrogen-bond acceptors (Lipinski definition) is 9. The van der Waals surface area contributed by atoms with Crippen LogP contribution in [0.25, 0.3) is 0 Å². The molecule has 0 atom stereocenters. The van der Waals surface area contributed by atoms with Gasteiger partial charge in [-0.25, -0.2) is 24.5 Å². The van der Waals surface area contributed by atoms with E-state index in [1.54, 1.807) is 0 Å². The minimum Gasteiger partial charge on any atom is -0.478 e. The van der Waals surface area contributed by atoms with Crippen LogP contribution in [0.1, 0.15) is 45.1 Å². The molecule has 220 valence electrons. The Labute approximate surface area is 233 Å². The molecule has 1 saturated heterocycles. The number of nitrogens with one attached hydrogen (secondary N) is 1. The van der Waals surface area contributed by atoms with Crippen LogP contribution in [0.3, 0.4) is 0 Å². The number of alkyl halides is 3. The van der Waals surface area contributed by atoms with Gasteiger partial charge in [0.25, 0.3) is 5.56 Å². The lowest BCUT2D eigenvalue weighted by atomic mass is 9.95. The van der Waals surface area contributed by atoms with Crippen molar-refractivity contribution in [2.45, 2.75) is 50.4 Å². The number of aromatic amines is 1. The van der Waals surface area contributed by atoms with E-state index in [0.717, 1.165) is 44.3 Å². The maximum absolute atomic E-state index is 13.4. The Morgan fingerprint density at radius 1 is 1.07 bits per heavy atom. The first kappa shape index (κ1) is 32.8. The number of rotatable bonds is 8. The van der Waals surface area contributed by atoms with E-state index in [0.29, 0.717) is 36.2 Å². The summed E-state index contributed by atoms with van der Waals surface area (Å²) in [5, 5.41) is 16.2. The van der Waals surface area contributed by atoms with Crippen LogP contribution < -0.4 is 10.5 Å². The predicted molar refractivity (Wildman–Crippen MR) is 144 cm³/mol. The lowest BCUT2D eigenvalue weighted by molar-refractivity contribution is -0.141. The van der Waals surface area contributed by atoms with Gasteiger partial charge < -0.3 is 25.0 Å². The highest BCUT2D eigenvalue weighted by molar-refractivity contribution is 7.99. The van der Waals surface area contributed by atoms with Gasteiger partial charge in [-0.2, -0.15) is 13.2 Å². The topological polar surface area (TPSA) is 153 Å². The number of carbonyl (C=O) groups is 2. The maximum Gasteiger partial charge on any atom is 0.433 e. The second kappa shape index (κ2) is 14.8. The van der Waals surface area contributed by atoms with Crippen molar-refractivity contribution >= 4 is 29.5 Å². The Morgan fingerprint density at radius 3 is 2.33 bits per heavy atom. The van der Waals surface area contributed by atoms with E-state index in [9.17, 15) is 27.6 Å². The van der Waals surface area contributed by atoms with Crippen molar-refractivity contribution in [3.8, 4) is 0 Å². The highest BCUT2D eigenvalue weighted by Gasteiger charge is 2.35. The Bertz CT molecular complexity index is 1180. The van der Waals surface area contributed by atoms with E-state index in [-0.39, 0.29) is 11.4 Å². The third-order valence-electron chi connectivity index (χ3n) is 5.46. The van der Waals surface area contributed by atoms with Gasteiger partial charge in [-0.3, -0.25) is 4.79 Å². The van der Waals surface area contributed by atoms with Gasteiger partial charge in [0.15, 0.2) is 5.16 Å². The predicted octanol–water partition coefficient (Wildman–Crippen LogP) is 3.28. The summed E-state index contributed by atoms with van der Waals surface area (Å²) in [7, 11) is 0. The number of hydrogen-bond donors (Lipinski definition) is 3. The number of thioether (sulfide) groups is 1. The van der Waals surface area contributed by atoms with Crippen molar-refractivity contribution in [1.29, 1.82) is 0 Å². The summed E-state index contributed by atoms with van der Waals surface area (Å²) in [6, 6.07) is 2.45. The maximum atomic E-state index is 13.4. The second-order valence-electron chi connectivity index (χ2n) is 9.82. The summed E-state index contributed by atoms with van der Waals surface area (Å²) in [6.45, 7) is 9.21. The van der Waals surface area contributed by atoms with Gasteiger partial charge in [0.2, 0.25) is 0 Å². The summed E-state index contributed by atoms with van der Waals surface area (Å²) in [4.78, 5) is 49.8. The van der Waals surface area contributed by atoms with Crippen LogP contribution in [0, 0.1) is 0 Å². The van der Waals surface area contributed by atoms with Gasteiger partial charge in [0.1, 0.15) is 17.3 Å². The minimum absolute atomic E-state index is 0.164. The van der Waals surface area contributed by atoms with Crippen molar-refractivity contribution < 1.29 is 33.0 Å². The number of anilines is 1. The SMILES string of the molecule is CC(C)(C)c1nc(N2CCCN(CCCSc3nccc(=O)[nH]3)CC2)cc(C(F)(F)F)n1.O=C(O)/C=C/C(=O)O. The normalized spacial score (nSPS) is 14.9. The van der Waals surface area contributed by atoms with E-state index in [2.05, 4.69) is 24.8 Å². The largest absolute Gasteiger partial charge is 0.478 e. The fourth-order valence-corrected chi connectivity index (χ4v) is 4.30. The molecule has 15 heteroatoms. The summed E-state index contributed by atoms with van der Waals surface area (Å²) in [6.07, 6.45) is -0.136. The molecule has 0 aliphatic carbocycles. The number of carboxylic acids is 2. The molecule has 0 spiro atoms. The Balaban J connectivity index is 0.000000611. The molecule has 0 saturated carbocycles. The Hall–Kier alpha value is -3.46. The molecular formula is C25H33F3N6O5S. The Morgan fingerprint density at radius 2 is 1.75 bits per heavy atom. The number of aliphatic carboxylic acids is 2. The molecule has 3 N–H and O–H groups in total. The van der Waals surface area contributed by atoms with E-state index < -0.39 is 29.2 Å². The average molecular weight is 587 g/mol. The summed E-state index contributed by atoms with van der Waals surface area (Å²) < 4.78 is 40.3. The van der Waals surface area contributed by atoms with Crippen LogP contribution in [-0.4, -0.2) is 85.5 Å². The summed E-state index contributed by atoms with van der Waals surface area (Å²) in [5.74, 6) is -1.15. The molecule has 2 aromatic heterocycles. The molecule has 0 unspecified atom stereocenters. The highest BCUT2D eigenvalue weighted by Crippen LogP contribution is 2.32. The smallest absolute Gasteiger partial charge is 0.433 e. The number of halogens is 3. The molecule has 2 aromatic rings. The van der Waals surface area contributed by atoms with Gasteiger partial charge in [0.05, 0.1) is 0 Å². The molecule has 3 rings (SSSR count). The van der Waals surface area contributed by atoms with Crippen molar-refractivity contribution in [1.82, 2.24) is 24.8 Å². The van der Waals surface area contributed by atoms with Crippen LogP contribution in [0.15, 0.2) is 40.4 Å². The van der Waals surface area contributed by atoms with E-state index in [1.807, 2.05) is 25.7 Å². The zero-order chi connectivity index (χ0) is 29.9. The molecule has 1 aliphatic rings. The first-order chi connectivity index (χ1) is 18.6. The van der Waals surface area contributed by atoms with Crippen molar-refractivity contribution in [2.75, 3.05) is 43.4 Å². The van der Waals surface area contributed by atoms with E-state index in [4.69, 9.17) is 10.2 Å². The van der Waals surface area contributed by atoms with Crippen LogP contribution in [0.5, 0.6) is 0 Å². The molecule has 3 heterocycles. The van der Waals surface area contributed by atoms with Gasteiger partial charge in [-0.1, -0.05) is 32.5 Å². The van der Waals surface area contributed by atoms with Gasteiger partial charge >= 0.3 is 18.1 Å². The Kier molecular flexibility index (Phi) is 12.1. The molecule has 1 aliphatic heterocycles. The quantitative estimate of drug-likeness (QED) is 0.181. The lowest BCUT2D eigenvalue weighted by Gasteiger charge is -2.26. The van der Waals surface area contributed by atoms with Crippen LogP contribution in [-0.2, 0) is 21.2 Å². The molecule has 0 aromatic carbocycles. The third-order valence-corrected chi connectivity index (χ3v) is 6.43. The van der Waals surface area contributed by atoms with Crippen molar-refractivity contribution in [3.05, 3.63) is 52.4 Å². The molecule has 40 heavy (non-hydrogen) atoms. The molecule has 0 bridgehead atoms. The van der Waals surface area contributed by atoms with Crippen LogP contribution in [0.4, 0.5) is 19.0 Å². The molecule has 1 fully saturated rings. The van der Waals surface area contributed by atoms with Crippen LogP contribution >= 0.6 is 11.8 Å². The summed E-state index contributed by atoms with van der Waals surface area (Å²) in [5.41, 5.74) is -1.63. The molecule has 11 nitrogen and oxygen atoms in total. The number of nitrogens with zero attached hydrogens (tertiary/aromatic N) is 5. The minimum atomic E-state index is -4.51. The fraction of sp³-hybridized carbons (Fsp3) is 0.520. The average Bonchev–Trinajstić information content (AvgIpc) is 3.10. The van der Waals surface area contributed by atoms with Gasteiger partial charge in [-0.05, 0) is 25.9 Å². The first-order valence-electron chi connectivity index (χ1n) is 12.4. The van der Waals surface area contributed by atoms with Gasteiger partial charge in [0, 0.05) is 61.3 Å². The molecule has 0 amide bonds. The first-order valence-corrected chi connectivity index (χ1v) is 13.4. The number of aromatic nitrogens is 4. The third kappa shape index (κ3) is 11.7. The lowest BCUT2D eigenvalue weighted by Crippen LogP contribution is -2.33. The zero-order valence-corrected chi connectivity index (χ0v) is 23.3. The molecule has 0 radical (unpaired) electrons. The number of carboxylic acid groups (broad SMARTS) is 2. The van der Waals surface area contributed by atoms with E-state index in [1.165, 1.54) is 24.0 Å². The van der Waals surface area contributed by atoms with E-state index >= 15 is 0 Å².